The SMILES string of the molecule is C[Si](C)(C)c1ccc(Br)c(O)c1. The summed E-state index contributed by atoms with van der Waals surface area (Å²) in [5, 5.41) is 10.7. The lowest BCUT2D eigenvalue weighted by molar-refractivity contribution is 0.472. The monoisotopic (exact) mass is 244 g/mol. The Morgan fingerprint density at radius 3 is 2.25 bits per heavy atom. The summed E-state index contributed by atoms with van der Waals surface area (Å²) in [6.45, 7) is 6.78. The Kier molecular flexibility index (Phi) is 2.63. The van der Waals surface area contributed by atoms with Gasteiger partial charge >= 0.3 is 0 Å². The van der Waals surface area contributed by atoms with Crippen molar-refractivity contribution in [3.05, 3.63) is 22.7 Å². The van der Waals surface area contributed by atoms with Crippen molar-refractivity contribution >= 4 is 29.2 Å². The Labute approximate surface area is 82.6 Å². The number of halogens is 1. The van der Waals surface area contributed by atoms with Crippen molar-refractivity contribution in [1.82, 2.24) is 0 Å². The number of rotatable bonds is 1. The van der Waals surface area contributed by atoms with Crippen LogP contribution in [0.2, 0.25) is 19.6 Å². The highest BCUT2D eigenvalue weighted by molar-refractivity contribution is 9.10. The van der Waals surface area contributed by atoms with Gasteiger partial charge in [0.2, 0.25) is 0 Å². The van der Waals surface area contributed by atoms with Crippen molar-refractivity contribution < 1.29 is 5.11 Å². The van der Waals surface area contributed by atoms with Gasteiger partial charge in [0.1, 0.15) is 5.75 Å². The maximum atomic E-state index is 9.44. The second-order valence-electron chi connectivity index (χ2n) is 3.92. The van der Waals surface area contributed by atoms with Gasteiger partial charge in [-0.05, 0) is 28.1 Å². The molecule has 0 unspecified atom stereocenters. The van der Waals surface area contributed by atoms with E-state index in [0.717, 1.165) is 4.47 Å². The van der Waals surface area contributed by atoms with E-state index in [0.29, 0.717) is 5.75 Å². The van der Waals surface area contributed by atoms with Crippen molar-refractivity contribution in [2.24, 2.45) is 0 Å². The van der Waals surface area contributed by atoms with Crippen LogP contribution in [0, 0.1) is 0 Å². The topological polar surface area (TPSA) is 20.2 Å². The van der Waals surface area contributed by atoms with Gasteiger partial charge in [-0.1, -0.05) is 30.9 Å². The lowest BCUT2D eigenvalue weighted by atomic mass is 10.3. The van der Waals surface area contributed by atoms with Crippen LogP contribution >= 0.6 is 15.9 Å². The largest absolute Gasteiger partial charge is 0.507 e. The smallest absolute Gasteiger partial charge is 0.129 e. The third kappa shape index (κ3) is 2.11. The van der Waals surface area contributed by atoms with E-state index >= 15 is 0 Å². The van der Waals surface area contributed by atoms with E-state index in [-0.39, 0.29) is 0 Å². The van der Waals surface area contributed by atoms with Crippen LogP contribution in [0.5, 0.6) is 5.75 Å². The lowest BCUT2D eigenvalue weighted by Gasteiger charge is -2.16. The molecular formula is C9H13BrOSi. The van der Waals surface area contributed by atoms with Gasteiger partial charge in [0.05, 0.1) is 12.5 Å². The number of benzene rings is 1. The molecule has 0 aliphatic heterocycles. The van der Waals surface area contributed by atoms with Crippen molar-refractivity contribution in [3.63, 3.8) is 0 Å². The summed E-state index contributed by atoms with van der Waals surface area (Å²) in [7, 11) is -1.27. The van der Waals surface area contributed by atoms with Crippen LogP contribution in [0.1, 0.15) is 0 Å². The molecule has 0 aliphatic carbocycles. The maximum absolute atomic E-state index is 9.44. The Balaban J connectivity index is 3.14. The average Bonchev–Trinajstić information content (AvgIpc) is 1.92. The molecule has 0 aromatic heterocycles. The lowest BCUT2D eigenvalue weighted by Crippen LogP contribution is -2.37. The molecule has 0 fully saturated rings. The van der Waals surface area contributed by atoms with Crippen LogP contribution in [-0.2, 0) is 0 Å². The number of hydrogen-bond acceptors (Lipinski definition) is 1. The molecule has 0 radical (unpaired) electrons. The third-order valence-corrected chi connectivity index (χ3v) is 4.53. The van der Waals surface area contributed by atoms with Gasteiger partial charge in [-0.25, -0.2) is 0 Å². The van der Waals surface area contributed by atoms with E-state index in [1.54, 1.807) is 0 Å². The van der Waals surface area contributed by atoms with Crippen LogP contribution in [0.15, 0.2) is 22.7 Å². The third-order valence-electron chi connectivity index (χ3n) is 1.81. The zero-order chi connectivity index (χ0) is 9.35. The predicted octanol–water partition coefficient (Wildman–Crippen LogP) is 2.70. The second kappa shape index (κ2) is 3.22. The first kappa shape index (κ1) is 9.80. The molecule has 0 saturated carbocycles. The molecule has 1 rings (SSSR count). The zero-order valence-corrected chi connectivity index (χ0v) is 10.1. The number of phenolic OH excluding ortho intramolecular Hbond substituents is 1. The quantitative estimate of drug-likeness (QED) is 0.754. The van der Waals surface area contributed by atoms with E-state index in [9.17, 15) is 5.11 Å². The van der Waals surface area contributed by atoms with Crippen molar-refractivity contribution in [2.75, 3.05) is 0 Å². The highest BCUT2D eigenvalue weighted by atomic mass is 79.9. The summed E-state index contributed by atoms with van der Waals surface area (Å²) >= 11 is 3.26. The summed E-state index contributed by atoms with van der Waals surface area (Å²) in [5.41, 5.74) is 0. The maximum Gasteiger partial charge on any atom is 0.129 e. The minimum atomic E-state index is -1.27. The number of phenols is 1. The van der Waals surface area contributed by atoms with Crippen molar-refractivity contribution in [1.29, 1.82) is 0 Å². The van der Waals surface area contributed by atoms with Crippen LogP contribution in [0.4, 0.5) is 0 Å². The van der Waals surface area contributed by atoms with Crippen LogP contribution < -0.4 is 5.19 Å². The van der Waals surface area contributed by atoms with E-state index in [2.05, 4.69) is 41.6 Å². The molecule has 0 heterocycles. The predicted molar refractivity (Wildman–Crippen MR) is 58.8 cm³/mol. The molecule has 1 N–H and O–H groups in total. The zero-order valence-electron chi connectivity index (χ0n) is 7.56. The Hall–Kier alpha value is -0.283. The van der Waals surface area contributed by atoms with Gasteiger partial charge in [0, 0.05) is 0 Å². The number of aromatic hydroxyl groups is 1. The highest BCUT2D eigenvalue weighted by Gasteiger charge is 2.16. The first-order valence-electron chi connectivity index (χ1n) is 3.90. The molecule has 0 aliphatic rings. The number of hydrogen-bond donors (Lipinski definition) is 1. The summed E-state index contributed by atoms with van der Waals surface area (Å²) in [6, 6.07) is 5.84. The molecule has 12 heavy (non-hydrogen) atoms. The standard InChI is InChI=1S/C9H13BrOSi/c1-12(2,3)7-4-5-8(10)9(11)6-7/h4-6,11H,1-3H3. The van der Waals surface area contributed by atoms with E-state index in [4.69, 9.17) is 0 Å². The van der Waals surface area contributed by atoms with Crippen LogP contribution in [0.3, 0.4) is 0 Å². The molecule has 0 spiro atoms. The van der Waals surface area contributed by atoms with Crippen molar-refractivity contribution in [2.45, 2.75) is 19.6 Å². The summed E-state index contributed by atoms with van der Waals surface area (Å²) in [4.78, 5) is 0. The molecule has 1 aromatic carbocycles. The minimum absolute atomic E-state index is 0.343. The highest BCUT2D eigenvalue weighted by Crippen LogP contribution is 2.22. The van der Waals surface area contributed by atoms with Gasteiger partial charge in [-0.15, -0.1) is 0 Å². The Bertz CT molecular complexity index is 291. The van der Waals surface area contributed by atoms with Gasteiger partial charge in [0.25, 0.3) is 0 Å². The first-order chi connectivity index (χ1) is 5.41. The second-order valence-corrected chi connectivity index (χ2v) is 9.85. The summed E-state index contributed by atoms with van der Waals surface area (Å²) < 4.78 is 0.768. The summed E-state index contributed by atoms with van der Waals surface area (Å²) in [6.07, 6.45) is 0. The van der Waals surface area contributed by atoms with E-state index < -0.39 is 8.07 Å². The molecule has 3 heteroatoms. The molecular weight excluding hydrogens is 232 g/mol. The molecule has 0 saturated heterocycles. The fourth-order valence-corrected chi connectivity index (χ4v) is 2.38. The van der Waals surface area contributed by atoms with Gasteiger partial charge < -0.3 is 5.11 Å². The van der Waals surface area contributed by atoms with E-state index in [1.165, 1.54) is 5.19 Å². The van der Waals surface area contributed by atoms with Crippen LogP contribution in [0.25, 0.3) is 0 Å². The minimum Gasteiger partial charge on any atom is -0.507 e. The van der Waals surface area contributed by atoms with E-state index in [1.807, 2.05) is 12.1 Å². The van der Waals surface area contributed by atoms with Gasteiger partial charge in [0.15, 0.2) is 0 Å². The van der Waals surface area contributed by atoms with Crippen molar-refractivity contribution in [3.8, 4) is 5.75 Å². The van der Waals surface area contributed by atoms with Crippen LogP contribution in [-0.4, -0.2) is 13.2 Å². The normalized spacial score (nSPS) is 11.7. The molecule has 0 bridgehead atoms. The Morgan fingerprint density at radius 1 is 1.25 bits per heavy atom. The van der Waals surface area contributed by atoms with Gasteiger partial charge in [-0.3, -0.25) is 0 Å². The molecule has 66 valence electrons. The summed E-state index contributed by atoms with van der Waals surface area (Å²) in [5.74, 6) is 0.343. The Morgan fingerprint density at radius 2 is 1.83 bits per heavy atom. The average molecular weight is 245 g/mol. The fraction of sp³-hybridized carbons (Fsp3) is 0.333. The molecule has 1 aromatic rings. The molecule has 0 amide bonds. The fourth-order valence-electron chi connectivity index (χ4n) is 0.979. The van der Waals surface area contributed by atoms with Gasteiger partial charge in [-0.2, -0.15) is 0 Å². The first-order valence-corrected chi connectivity index (χ1v) is 8.19. The molecule has 0 atom stereocenters. The molecule has 1 nitrogen and oxygen atoms in total.